The Morgan fingerprint density at radius 2 is 2.00 bits per heavy atom. The van der Waals surface area contributed by atoms with E-state index in [2.05, 4.69) is 21.2 Å². The van der Waals surface area contributed by atoms with Crippen LogP contribution in [0.25, 0.3) is 0 Å². The molecule has 0 atom stereocenters. The molecule has 0 saturated heterocycles. The second-order valence-electron chi connectivity index (χ2n) is 3.82. The fourth-order valence-electron chi connectivity index (χ4n) is 1.51. The smallest absolute Gasteiger partial charge is 0.291 e. The molecule has 2 rings (SSSR count). The van der Waals surface area contributed by atoms with Crippen molar-refractivity contribution in [1.82, 2.24) is 0 Å². The predicted octanol–water partition coefficient (Wildman–Crippen LogP) is 3.91. The number of anilines is 1. The number of hydrogen-bond acceptors (Lipinski definition) is 2. The van der Waals surface area contributed by atoms with E-state index in [-0.39, 0.29) is 5.91 Å². The molecular weight excluding hydrogens is 282 g/mol. The van der Waals surface area contributed by atoms with Gasteiger partial charge in [-0.3, -0.25) is 4.79 Å². The SMILES string of the molecule is Cc1ccc(C(=O)Nc2ccc(Br)cc2C)o1. The highest BCUT2D eigenvalue weighted by molar-refractivity contribution is 9.10. The van der Waals surface area contributed by atoms with E-state index in [1.54, 1.807) is 12.1 Å². The summed E-state index contributed by atoms with van der Waals surface area (Å²) in [6.45, 7) is 3.75. The summed E-state index contributed by atoms with van der Waals surface area (Å²) in [4.78, 5) is 11.8. The van der Waals surface area contributed by atoms with Gasteiger partial charge in [0.2, 0.25) is 0 Å². The van der Waals surface area contributed by atoms with Gasteiger partial charge in [0.05, 0.1) is 0 Å². The number of rotatable bonds is 2. The van der Waals surface area contributed by atoms with Crippen LogP contribution in [0.2, 0.25) is 0 Å². The van der Waals surface area contributed by atoms with Gasteiger partial charge in [-0.05, 0) is 49.7 Å². The minimum atomic E-state index is -0.233. The Labute approximate surface area is 108 Å². The Bertz CT molecular complexity index is 560. The predicted molar refractivity (Wildman–Crippen MR) is 70.3 cm³/mol. The zero-order valence-electron chi connectivity index (χ0n) is 9.58. The van der Waals surface area contributed by atoms with Crippen LogP contribution in [0.4, 0.5) is 5.69 Å². The lowest BCUT2D eigenvalue weighted by molar-refractivity contribution is 0.0995. The molecule has 1 N–H and O–H groups in total. The number of aryl methyl sites for hydroxylation is 2. The van der Waals surface area contributed by atoms with Gasteiger partial charge in [-0.15, -0.1) is 0 Å². The van der Waals surface area contributed by atoms with Crippen molar-refractivity contribution in [2.45, 2.75) is 13.8 Å². The Hall–Kier alpha value is -1.55. The third kappa shape index (κ3) is 2.77. The molecule has 17 heavy (non-hydrogen) atoms. The summed E-state index contributed by atoms with van der Waals surface area (Å²) in [6.07, 6.45) is 0. The van der Waals surface area contributed by atoms with Gasteiger partial charge in [-0.25, -0.2) is 0 Å². The van der Waals surface area contributed by atoms with Crippen molar-refractivity contribution >= 4 is 27.5 Å². The van der Waals surface area contributed by atoms with E-state index in [9.17, 15) is 4.79 Å². The maximum atomic E-state index is 11.8. The van der Waals surface area contributed by atoms with Gasteiger partial charge in [-0.1, -0.05) is 15.9 Å². The van der Waals surface area contributed by atoms with E-state index in [0.29, 0.717) is 5.76 Å². The fourth-order valence-corrected chi connectivity index (χ4v) is 1.98. The minimum Gasteiger partial charge on any atom is -0.456 e. The van der Waals surface area contributed by atoms with Crippen LogP contribution in [0.3, 0.4) is 0 Å². The molecule has 1 heterocycles. The van der Waals surface area contributed by atoms with Crippen LogP contribution in [0, 0.1) is 13.8 Å². The Kier molecular flexibility index (Phi) is 3.33. The summed E-state index contributed by atoms with van der Waals surface area (Å²) in [5.41, 5.74) is 1.78. The minimum absolute atomic E-state index is 0.233. The maximum Gasteiger partial charge on any atom is 0.291 e. The molecule has 0 bridgehead atoms. The number of carbonyl (C=O) groups excluding carboxylic acids is 1. The summed E-state index contributed by atoms with van der Waals surface area (Å²) >= 11 is 3.38. The van der Waals surface area contributed by atoms with Gasteiger partial charge in [0.25, 0.3) is 5.91 Å². The standard InChI is InChI=1S/C13H12BrNO2/c1-8-7-10(14)4-5-11(8)15-13(16)12-6-3-9(2)17-12/h3-7H,1-2H3,(H,15,16). The molecular formula is C13H12BrNO2. The molecule has 4 heteroatoms. The summed E-state index contributed by atoms with van der Waals surface area (Å²) < 4.78 is 6.25. The van der Waals surface area contributed by atoms with Crippen molar-refractivity contribution < 1.29 is 9.21 Å². The number of hydrogen-bond donors (Lipinski definition) is 1. The number of halogens is 1. The molecule has 0 aliphatic heterocycles. The molecule has 0 radical (unpaired) electrons. The van der Waals surface area contributed by atoms with E-state index in [1.165, 1.54) is 0 Å². The largest absolute Gasteiger partial charge is 0.456 e. The topological polar surface area (TPSA) is 42.2 Å². The number of carbonyl (C=O) groups is 1. The first-order valence-electron chi connectivity index (χ1n) is 5.20. The lowest BCUT2D eigenvalue weighted by atomic mass is 10.2. The quantitative estimate of drug-likeness (QED) is 0.912. The molecule has 0 spiro atoms. The molecule has 1 aromatic heterocycles. The fraction of sp³-hybridized carbons (Fsp3) is 0.154. The second-order valence-corrected chi connectivity index (χ2v) is 4.74. The zero-order valence-corrected chi connectivity index (χ0v) is 11.2. The van der Waals surface area contributed by atoms with Crippen LogP contribution < -0.4 is 5.32 Å². The van der Waals surface area contributed by atoms with Crippen LogP contribution in [0.15, 0.2) is 39.2 Å². The third-order valence-electron chi connectivity index (χ3n) is 2.40. The number of amides is 1. The van der Waals surface area contributed by atoms with Gasteiger partial charge in [0.15, 0.2) is 5.76 Å². The lowest BCUT2D eigenvalue weighted by Crippen LogP contribution is -2.11. The highest BCUT2D eigenvalue weighted by atomic mass is 79.9. The average molecular weight is 294 g/mol. The molecule has 2 aromatic rings. The first-order valence-corrected chi connectivity index (χ1v) is 5.99. The molecule has 0 saturated carbocycles. The molecule has 3 nitrogen and oxygen atoms in total. The van der Waals surface area contributed by atoms with Gasteiger partial charge in [0.1, 0.15) is 5.76 Å². The van der Waals surface area contributed by atoms with Crippen LogP contribution in [-0.2, 0) is 0 Å². The molecule has 0 unspecified atom stereocenters. The van der Waals surface area contributed by atoms with E-state index in [1.807, 2.05) is 32.0 Å². The van der Waals surface area contributed by atoms with Crippen molar-refractivity contribution in [2.75, 3.05) is 5.32 Å². The Morgan fingerprint density at radius 1 is 1.24 bits per heavy atom. The molecule has 1 aromatic carbocycles. The Morgan fingerprint density at radius 3 is 2.59 bits per heavy atom. The van der Waals surface area contributed by atoms with Crippen molar-refractivity contribution in [2.24, 2.45) is 0 Å². The number of nitrogens with one attached hydrogen (secondary N) is 1. The molecule has 1 amide bonds. The summed E-state index contributed by atoms with van der Waals surface area (Å²) in [5, 5.41) is 2.81. The highest BCUT2D eigenvalue weighted by Gasteiger charge is 2.11. The summed E-state index contributed by atoms with van der Waals surface area (Å²) in [6, 6.07) is 9.12. The van der Waals surface area contributed by atoms with E-state index < -0.39 is 0 Å². The van der Waals surface area contributed by atoms with Crippen LogP contribution in [0.5, 0.6) is 0 Å². The third-order valence-corrected chi connectivity index (χ3v) is 2.89. The van der Waals surface area contributed by atoms with Gasteiger partial charge in [-0.2, -0.15) is 0 Å². The van der Waals surface area contributed by atoms with Crippen molar-refractivity contribution in [3.63, 3.8) is 0 Å². The summed E-state index contributed by atoms with van der Waals surface area (Å²) in [5.74, 6) is 0.816. The monoisotopic (exact) mass is 293 g/mol. The van der Waals surface area contributed by atoms with Crippen molar-refractivity contribution in [3.05, 3.63) is 51.9 Å². The van der Waals surface area contributed by atoms with Crippen molar-refractivity contribution in [3.8, 4) is 0 Å². The molecule has 0 fully saturated rings. The van der Waals surface area contributed by atoms with Gasteiger partial charge >= 0.3 is 0 Å². The Balaban J connectivity index is 2.18. The lowest BCUT2D eigenvalue weighted by Gasteiger charge is -2.07. The van der Waals surface area contributed by atoms with Gasteiger partial charge in [0, 0.05) is 10.2 Å². The first-order chi connectivity index (χ1) is 8.06. The molecule has 88 valence electrons. The van der Waals surface area contributed by atoms with Gasteiger partial charge < -0.3 is 9.73 Å². The van der Waals surface area contributed by atoms with E-state index >= 15 is 0 Å². The van der Waals surface area contributed by atoms with Crippen LogP contribution in [-0.4, -0.2) is 5.91 Å². The van der Waals surface area contributed by atoms with Crippen LogP contribution >= 0.6 is 15.9 Å². The van der Waals surface area contributed by atoms with E-state index in [4.69, 9.17) is 4.42 Å². The maximum absolute atomic E-state index is 11.8. The molecule has 0 aliphatic rings. The first kappa shape index (κ1) is 11.9. The summed E-state index contributed by atoms with van der Waals surface area (Å²) in [7, 11) is 0. The van der Waals surface area contributed by atoms with E-state index in [0.717, 1.165) is 21.5 Å². The second kappa shape index (κ2) is 4.75. The van der Waals surface area contributed by atoms with Crippen LogP contribution in [0.1, 0.15) is 21.9 Å². The normalized spacial score (nSPS) is 10.3. The molecule has 0 aliphatic carbocycles. The highest BCUT2D eigenvalue weighted by Crippen LogP contribution is 2.20. The zero-order chi connectivity index (χ0) is 12.4. The average Bonchev–Trinajstić information content (AvgIpc) is 2.69. The van der Waals surface area contributed by atoms with Crippen molar-refractivity contribution in [1.29, 1.82) is 0 Å². The number of benzene rings is 1. The number of furan rings is 1.